The van der Waals surface area contributed by atoms with Gasteiger partial charge >= 0.3 is 12.1 Å². The van der Waals surface area contributed by atoms with E-state index >= 15 is 0 Å². The summed E-state index contributed by atoms with van der Waals surface area (Å²) in [6.45, 7) is 2.04. The quantitative estimate of drug-likeness (QED) is 0.853. The minimum Gasteiger partial charge on any atom is -0.415 e. The number of likely N-dealkylation sites (N-methyl/N-ethyl adjacent to an activating group) is 1. The topological polar surface area (TPSA) is 79.0 Å². The summed E-state index contributed by atoms with van der Waals surface area (Å²) in [7, 11) is 1.36. The molecule has 22 heavy (non-hydrogen) atoms. The Bertz CT molecular complexity index is 638. The summed E-state index contributed by atoms with van der Waals surface area (Å²) >= 11 is 11.7. The molecule has 0 aliphatic carbocycles. The average molecular weight is 346 g/mol. The van der Waals surface area contributed by atoms with Gasteiger partial charge in [-0.1, -0.05) is 23.2 Å². The van der Waals surface area contributed by atoms with Crippen LogP contribution in [0.15, 0.2) is 18.2 Å². The number of hydrogen-bond donors (Lipinski definition) is 1. The molecule has 118 valence electrons. The van der Waals surface area contributed by atoms with E-state index in [1.54, 1.807) is 6.92 Å². The smallest absolute Gasteiger partial charge is 0.409 e. The van der Waals surface area contributed by atoms with Crippen LogP contribution in [0, 0.1) is 0 Å². The molecule has 1 aromatic carbocycles. The number of alkyl carbamates (subject to hydrolysis) is 1. The Kier molecular flexibility index (Phi) is 4.77. The Hall–Kier alpha value is -1.99. The van der Waals surface area contributed by atoms with Gasteiger partial charge in [-0.2, -0.15) is 0 Å². The number of carbonyl (C=O) groups excluding carboxylic acids is 3. The molecule has 0 radical (unpaired) electrons. The molecule has 9 heteroatoms. The van der Waals surface area contributed by atoms with Crippen LogP contribution in [0.2, 0.25) is 10.0 Å². The minimum atomic E-state index is -1.33. The van der Waals surface area contributed by atoms with E-state index in [-0.39, 0.29) is 10.7 Å². The standard InChI is InChI=1S/C13H13Cl2N3O4/c1-3-16-12(20)22-11-10(19)18(13(21)17(11)2)7-4-5-8(14)9(15)6-7/h4-6,11H,3H2,1-2H3,(H,16,20)/t11-/m1/s1. The molecule has 1 atom stereocenters. The van der Waals surface area contributed by atoms with Gasteiger partial charge in [-0.3, -0.25) is 9.69 Å². The van der Waals surface area contributed by atoms with E-state index in [9.17, 15) is 14.4 Å². The zero-order chi connectivity index (χ0) is 16.4. The van der Waals surface area contributed by atoms with E-state index in [2.05, 4.69) is 5.32 Å². The van der Waals surface area contributed by atoms with Gasteiger partial charge in [-0.15, -0.1) is 0 Å². The van der Waals surface area contributed by atoms with E-state index in [0.29, 0.717) is 11.6 Å². The minimum absolute atomic E-state index is 0.204. The fraction of sp³-hybridized carbons (Fsp3) is 0.308. The van der Waals surface area contributed by atoms with Crippen molar-refractivity contribution in [2.45, 2.75) is 13.2 Å². The first-order chi connectivity index (χ1) is 10.4. The first kappa shape index (κ1) is 16.4. The largest absolute Gasteiger partial charge is 0.415 e. The second kappa shape index (κ2) is 6.41. The van der Waals surface area contributed by atoms with Gasteiger partial charge in [0.15, 0.2) is 0 Å². The molecule has 7 nitrogen and oxygen atoms in total. The van der Waals surface area contributed by atoms with Crippen LogP contribution >= 0.6 is 23.2 Å². The van der Waals surface area contributed by atoms with E-state index in [1.807, 2.05) is 0 Å². The molecule has 4 amide bonds. The highest BCUT2D eigenvalue weighted by atomic mass is 35.5. The predicted octanol–water partition coefficient (Wildman–Crippen LogP) is 2.46. The van der Waals surface area contributed by atoms with Gasteiger partial charge in [0, 0.05) is 13.6 Å². The van der Waals surface area contributed by atoms with E-state index in [0.717, 1.165) is 9.80 Å². The molecule has 0 spiro atoms. The number of nitrogens with zero attached hydrogens (tertiary/aromatic N) is 2. The fourth-order valence-corrected chi connectivity index (χ4v) is 2.20. The maximum Gasteiger partial charge on any atom is 0.409 e. The normalized spacial score (nSPS) is 17.9. The van der Waals surface area contributed by atoms with Gasteiger partial charge in [-0.05, 0) is 25.1 Å². The Morgan fingerprint density at radius 2 is 2.00 bits per heavy atom. The summed E-state index contributed by atoms with van der Waals surface area (Å²) in [5.41, 5.74) is 0.248. The highest BCUT2D eigenvalue weighted by molar-refractivity contribution is 6.42. The summed E-state index contributed by atoms with van der Waals surface area (Å²) in [5, 5.41) is 2.89. The number of ether oxygens (including phenoxy) is 1. The van der Waals surface area contributed by atoms with Crippen LogP contribution in [0.1, 0.15) is 6.92 Å². The average Bonchev–Trinajstić information content (AvgIpc) is 2.67. The Morgan fingerprint density at radius 3 is 2.59 bits per heavy atom. The number of hydrogen-bond acceptors (Lipinski definition) is 4. The summed E-state index contributed by atoms with van der Waals surface area (Å²) < 4.78 is 4.96. The lowest BCUT2D eigenvalue weighted by Gasteiger charge is -2.16. The number of carbonyl (C=O) groups is 3. The van der Waals surface area contributed by atoms with E-state index in [1.165, 1.54) is 25.2 Å². The van der Waals surface area contributed by atoms with Gasteiger partial charge in [-0.25, -0.2) is 14.5 Å². The molecular formula is C13H13Cl2N3O4. The van der Waals surface area contributed by atoms with Crippen molar-refractivity contribution in [2.24, 2.45) is 0 Å². The summed E-state index contributed by atoms with van der Waals surface area (Å²) in [6.07, 6.45) is -2.11. The molecule has 1 aliphatic rings. The third-order valence-electron chi connectivity index (χ3n) is 2.98. The monoisotopic (exact) mass is 345 g/mol. The molecule has 0 aromatic heterocycles. The highest BCUT2D eigenvalue weighted by Gasteiger charge is 2.46. The van der Waals surface area contributed by atoms with Crippen molar-refractivity contribution in [2.75, 3.05) is 18.5 Å². The van der Waals surface area contributed by atoms with Crippen LogP contribution in [0.3, 0.4) is 0 Å². The van der Waals surface area contributed by atoms with Crippen molar-refractivity contribution in [1.82, 2.24) is 10.2 Å². The number of rotatable bonds is 3. The molecule has 0 bridgehead atoms. The van der Waals surface area contributed by atoms with E-state index in [4.69, 9.17) is 27.9 Å². The third-order valence-corrected chi connectivity index (χ3v) is 3.72. The maximum atomic E-state index is 12.3. The summed E-state index contributed by atoms with van der Waals surface area (Å²) in [5.74, 6) is -0.683. The van der Waals surface area contributed by atoms with Gasteiger partial charge < -0.3 is 10.1 Å². The van der Waals surface area contributed by atoms with Crippen LogP contribution in [-0.2, 0) is 9.53 Å². The lowest BCUT2D eigenvalue weighted by atomic mass is 10.3. The highest BCUT2D eigenvalue weighted by Crippen LogP contribution is 2.30. The second-order valence-electron chi connectivity index (χ2n) is 4.45. The zero-order valence-corrected chi connectivity index (χ0v) is 13.3. The van der Waals surface area contributed by atoms with Crippen LogP contribution < -0.4 is 10.2 Å². The zero-order valence-electron chi connectivity index (χ0n) is 11.8. The van der Waals surface area contributed by atoms with Gasteiger partial charge in [0.1, 0.15) is 0 Å². The first-order valence-corrected chi connectivity index (χ1v) is 7.12. The van der Waals surface area contributed by atoms with Crippen LogP contribution in [0.5, 0.6) is 0 Å². The van der Waals surface area contributed by atoms with Crippen molar-refractivity contribution in [3.8, 4) is 0 Å². The molecule has 0 unspecified atom stereocenters. The van der Waals surface area contributed by atoms with Crippen molar-refractivity contribution in [1.29, 1.82) is 0 Å². The van der Waals surface area contributed by atoms with Gasteiger partial charge in [0.05, 0.1) is 15.7 Å². The van der Waals surface area contributed by atoms with E-state index < -0.39 is 24.3 Å². The Balaban J connectivity index is 2.26. The van der Waals surface area contributed by atoms with Crippen molar-refractivity contribution in [3.05, 3.63) is 28.2 Å². The summed E-state index contributed by atoms with van der Waals surface area (Å²) in [4.78, 5) is 37.9. The number of amides is 4. The number of anilines is 1. The summed E-state index contributed by atoms with van der Waals surface area (Å²) in [6, 6.07) is 3.71. The molecule has 1 aliphatic heterocycles. The molecule has 1 heterocycles. The molecule has 1 N–H and O–H groups in total. The number of urea groups is 1. The third kappa shape index (κ3) is 2.95. The molecular weight excluding hydrogens is 333 g/mol. The lowest BCUT2D eigenvalue weighted by Crippen LogP contribution is -2.39. The van der Waals surface area contributed by atoms with Crippen LogP contribution in [0.4, 0.5) is 15.3 Å². The number of nitrogens with one attached hydrogen (secondary N) is 1. The van der Waals surface area contributed by atoms with Crippen LogP contribution in [0.25, 0.3) is 0 Å². The van der Waals surface area contributed by atoms with Crippen molar-refractivity contribution >= 4 is 46.9 Å². The molecule has 1 aromatic rings. The van der Waals surface area contributed by atoms with Gasteiger partial charge in [0.25, 0.3) is 12.1 Å². The Labute approximate surface area is 136 Å². The van der Waals surface area contributed by atoms with Gasteiger partial charge in [0.2, 0.25) is 0 Å². The fourth-order valence-electron chi connectivity index (χ4n) is 1.91. The maximum absolute atomic E-state index is 12.3. The SMILES string of the molecule is CCNC(=O)O[C@@H]1C(=O)N(c2ccc(Cl)c(Cl)c2)C(=O)N1C. The number of imide groups is 1. The molecule has 0 saturated carbocycles. The predicted molar refractivity (Wildman–Crippen MR) is 81.1 cm³/mol. The molecule has 1 fully saturated rings. The lowest BCUT2D eigenvalue weighted by molar-refractivity contribution is -0.128. The molecule has 2 rings (SSSR count). The second-order valence-corrected chi connectivity index (χ2v) is 5.27. The van der Waals surface area contributed by atoms with Crippen molar-refractivity contribution < 1.29 is 19.1 Å². The van der Waals surface area contributed by atoms with Crippen LogP contribution in [-0.4, -0.2) is 42.8 Å². The first-order valence-electron chi connectivity index (χ1n) is 6.37. The Morgan fingerprint density at radius 1 is 1.32 bits per heavy atom. The number of benzene rings is 1. The van der Waals surface area contributed by atoms with Crippen molar-refractivity contribution in [3.63, 3.8) is 0 Å². The molecule has 1 saturated heterocycles. The number of halogens is 2.